The number of imidazole rings is 1. The minimum absolute atomic E-state index is 0.359. The third-order valence-electron chi connectivity index (χ3n) is 2.48. The van der Waals surface area contributed by atoms with Crippen molar-refractivity contribution in [3.63, 3.8) is 0 Å². The molecule has 0 aliphatic heterocycles. The molecule has 0 aliphatic rings. The van der Waals surface area contributed by atoms with Gasteiger partial charge in [-0.2, -0.15) is 0 Å². The molecule has 0 atom stereocenters. The quantitative estimate of drug-likeness (QED) is 0.896. The van der Waals surface area contributed by atoms with Gasteiger partial charge in [-0.15, -0.1) is 0 Å². The van der Waals surface area contributed by atoms with Crippen molar-refractivity contribution in [3.8, 4) is 0 Å². The first-order valence-corrected chi connectivity index (χ1v) is 6.13. The van der Waals surface area contributed by atoms with Gasteiger partial charge < -0.3 is 9.88 Å². The molecule has 0 saturated carbocycles. The number of aromatic nitrogens is 4. The first-order valence-electron chi connectivity index (χ1n) is 6.13. The van der Waals surface area contributed by atoms with Crippen LogP contribution < -0.4 is 5.32 Å². The van der Waals surface area contributed by atoms with E-state index in [1.54, 1.807) is 6.20 Å². The second kappa shape index (κ2) is 5.16. The average molecular weight is 245 g/mol. The van der Waals surface area contributed by atoms with Crippen LogP contribution >= 0.6 is 0 Å². The highest BCUT2D eigenvalue weighted by molar-refractivity contribution is 5.30. The summed E-state index contributed by atoms with van der Waals surface area (Å²) >= 11 is 0. The number of aryl methyl sites for hydroxylation is 2. The molecule has 5 nitrogen and oxygen atoms in total. The van der Waals surface area contributed by atoms with E-state index in [4.69, 9.17) is 0 Å². The molecule has 5 heteroatoms. The van der Waals surface area contributed by atoms with Gasteiger partial charge in [0.05, 0.1) is 17.9 Å². The SMILES string of the molecule is Cc1cn(Cc2ccnc(C)n2)c(NC(C)C)n1. The van der Waals surface area contributed by atoms with E-state index in [-0.39, 0.29) is 0 Å². The fourth-order valence-electron chi connectivity index (χ4n) is 1.81. The number of nitrogens with one attached hydrogen (secondary N) is 1. The predicted octanol–water partition coefficient (Wildman–Crippen LogP) is 2.16. The number of nitrogens with zero attached hydrogens (tertiary/aromatic N) is 4. The third-order valence-corrected chi connectivity index (χ3v) is 2.48. The molecule has 96 valence electrons. The summed E-state index contributed by atoms with van der Waals surface area (Å²) in [5.41, 5.74) is 2.00. The lowest BCUT2D eigenvalue weighted by atomic mass is 10.4. The van der Waals surface area contributed by atoms with Crippen molar-refractivity contribution < 1.29 is 0 Å². The zero-order chi connectivity index (χ0) is 13.1. The molecule has 0 unspecified atom stereocenters. The Morgan fingerprint density at radius 3 is 2.72 bits per heavy atom. The van der Waals surface area contributed by atoms with Crippen molar-refractivity contribution in [1.29, 1.82) is 0 Å². The van der Waals surface area contributed by atoms with Crippen molar-refractivity contribution in [2.45, 2.75) is 40.3 Å². The molecule has 1 N–H and O–H groups in total. The summed E-state index contributed by atoms with van der Waals surface area (Å²) in [6.45, 7) is 8.80. The van der Waals surface area contributed by atoms with Crippen LogP contribution in [-0.2, 0) is 6.54 Å². The normalized spacial score (nSPS) is 10.9. The summed E-state index contributed by atoms with van der Waals surface area (Å²) in [7, 11) is 0. The molecule has 0 aliphatic carbocycles. The van der Waals surface area contributed by atoms with Crippen LogP contribution in [0.4, 0.5) is 5.95 Å². The molecule has 0 aromatic carbocycles. The molecule has 18 heavy (non-hydrogen) atoms. The maximum atomic E-state index is 4.48. The Kier molecular flexibility index (Phi) is 3.60. The van der Waals surface area contributed by atoms with Gasteiger partial charge >= 0.3 is 0 Å². The van der Waals surface area contributed by atoms with E-state index in [1.807, 2.05) is 26.1 Å². The molecule has 0 radical (unpaired) electrons. The zero-order valence-corrected chi connectivity index (χ0v) is 11.3. The Morgan fingerprint density at radius 1 is 1.28 bits per heavy atom. The van der Waals surface area contributed by atoms with E-state index in [0.717, 1.165) is 23.2 Å². The fourth-order valence-corrected chi connectivity index (χ4v) is 1.81. The maximum Gasteiger partial charge on any atom is 0.203 e. The Bertz CT molecular complexity index is 530. The molecule has 2 aromatic rings. The molecule has 2 aromatic heterocycles. The van der Waals surface area contributed by atoms with Gasteiger partial charge in [0.1, 0.15) is 5.82 Å². The number of rotatable bonds is 4. The van der Waals surface area contributed by atoms with Crippen LogP contribution in [0.15, 0.2) is 18.5 Å². The second-order valence-electron chi connectivity index (χ2n) is 4.73. The van der Waals surface area contributed by atoms with Gasteiger partial charge in [0.2, 0.25) is 5.95 Å². The summed E-state index contributed by atoms with van der Waals surface area (Å²) in [6.07, 6.45) is 3.82. The van der Waals surface area contributed by atoms with Gasteiger partial charge in [-0.1, -0.05) is 0 Å². The molecule has 2 heterocycles. The van der Waals surface area contributed by atoms with Crippen LogP contribution in [0.1, 0.15) is 31.1 Å². The molecule has 0 saturated heterocycles. The monoisotopic (exact) mass is 245 g/mol. The highest BCUT2D eigenvalue weighted by Gasteiger charge is 2.08. The van der Waals surface area contributed by atoms with Crippen molar-refractivity contribution in [2.24, 2.45) is 0 Å². The molecule has 0 amide bonds. The lowest BCUT2D eigenvalue weighted by Gasteiger charge is -2.11. The average Bonchev–Trinajstić information content (AvgIpc) is 2.58. The Balaban J connectivity index is 2.23. The summed E-state index contributed by atoms with van der Waals surface area (Å²) in [5.74, 6) is 1.68. The highest BCUT2D eigenvalue weighted by atomic mass is 15.2. The van der Waals surface area contributed by atoms with Crippen LogP contribution in [0.25, 0.3) is 0 Å². The van der Waals surface area contributed by atoms with Crippen LogP contribution in [-0.4, -0.2) is 25.6 Å². The van der Waals surface area contributed by atoms with E-state index in [2.05, 4.69) is 38.7 Å². The molecule has 0 bridgehead atoms. The van der Waals surface area contributed by atoms with E-state index in [0.29, 0.717) is 12.6 Å². The first-order chi connectivity index (χ1) is 8.54. The van der Waals surface area contributed by atoms with Crippen LogP contribution in [0, 0.1) is 13.8 Å². The van der Waals surface area contributed by atoms with Crippen molar-refractivity contribution >= 4 is 5.95 Å². The summed E-state index contributed by atoms with van der Waals surface area (Å²) in [5, 5.41) is 3.34. The Morgan fingerprint density at radius 2 is 2.06 bits per heavy atom. The van der Waals surface area contributed by atoms with Gasteiger partial charge in [-0.3, -0.25) is 0 Å². The van der Waals surface area contributed by atoms with E-state index in [9.17, 15) is 0 Å². The minimum Gasteiger partial charge on any atom is -0.353 e. The largest absolute Gasteiger partial charge is 0.353 e. The lowest BCUT2D eigenvalue weighted by molar-refractivity contribution is 0.749. The van der Waals surface area contributed by atoms with E-state index >= 15 is 0 Å². The number of hydrogen-bond acceptors (Lipinski definition) is 4. The van der Waals surface area contributed by atoms with Gasteiger partial charge in [-0.05, 0) is 33.8 Å². The summed E-state index contributed by atoms with van der Waals surface area (Å²) < 4.78 is 2.08. The second-order valence-corrected chi connectivity index (χ2v) is 4.73. The highest BCUT2D eigenvalue weighted by Crippen LogP contribution is 2.12. The van der Waals surface area contributed by atoms with Gasteiger partial charge in [0.25, 0.3) is 0 Å². The van der Waals surface area contributed by atoms with Gasteiger partial charge in [0, 0.05) is 18.4 Å². The zero-order valence-electron chi connectivity index (χ0n) is 11.3. The van der Waals surface area contributed by atoms with Crippen LogP contribution in [0.3, 0.4) is 0 Å². The molecule has 2 rings (SSSR count). The molecular weight excluding hydrogens is 226 g/mol. The standard InChI is InChI=1S/C13H19N5/c1-9(2)15-13-16-10(3)7-18(13)8-12-5-6-14-11(4)17-12/h5-7,9H,8H2,1-4H3,(H,15,16). The maximum absolute atomic E-state index is 4.48. The first kappa shape index (κ1) is 12.5. The van der Waals surface area contributed by atoms with Crippen molar-refractivity contribution in [3.05, 3.63) is 35.7 Å². The van der Waals surface area contributed by atoms with Crippen molar-refractivity contribution in [2.75, 3.05) is 5.32 Å². The van der Waals surface area contributed by atoms with Crippen LogP contribution in [0.2, 0.25) is 0 Å². The number of hydrogen-bond donors (Lipinski definition) is 1. The topological polar surface area (TPSA) is 55.6 Å². The third kappa shape index (κ3) is 3.06. The van der Waals surface area contributed by atoms with Gasteiger partial charge in [0.15, 0.2) is 0 Å². The number of anilines is 1. The summed E-state index contributed by atoms with van der Waals surface area (Å²) in [6, 6.07) is 2.29. The molecule has 0 spiro atoms. The smallest absolute Gasteiger partial charge is 0.203 e. The summed E-state index contributed by atoms with van der Waals surface area (Å²) in [4.78, 5) is 13.0. The minimum atomic E-state index is 0.359. The lowest BCUT2D eigenvalue weighted by Crippen LogP contribution is -2.15. The predicted molar refractivity (Wildman–Crippen MR) is 71.6 cm³/mol. The Hall–Kier alpha value is -1.91. The Labute approximate surface area is 107 Å². The van der Waals surface area contributed by atoms with E-state index < -0.39 is 0 Å². The fraction of sp³-hybridized carbons (Fsp3) is 0.462. The van der Waals surface area contributed by atoms with Gasteiger partial charge in [-0.25, -0.2) is 15.0 Å². The van der Waals surface area contributed by atoms with Crippen LogP contribution in [0.5, 0.6) is 0 Å². The van der Waals surface area contributed by atoms with E-state index in [1.165, 1.54) is 0 Å². The molecule has 0 fully saturated rings. The van der Waals surface area contributed by atoms with Crippen molar-refractivity contribution in [1.82, 2.24) is 19.5 Å². The molecular formula is C13H19N5.